The van der Waals surface area contributed by atoms with Crippen molar-refractivity contribution in [2.45, 2.75) is 44.4 Å². The van der Waals surface area contributed by atoms with Crippen LogP contribution in [0.4, 0.5) is 17.6 Å². The number of halogens is 5. The number of aryl methyl sites for hydroxylation is 2. The molecule has 0 saturated carbocycles. The molecular weight excluding hydrogens is 454 g/mol. The molecule has 0 amide bonds. The van der Waals surface area contributed by atoms with Crippen molar-refractivity contribution in [3.63, 3.8) is 0 Å². The average molecular weight is 474 g/mol. The molecule has 1 aliphatic carbocycles. The van der Waals surface area contributed by atoms with Gasteiger partial charge in [0.2, 0.25) is 0 Å². The summed E-state index contributed by atoms with van der Waals surface area (Å²) < 4.78 is 57.1. The summed E-state index contributed by atoms with van der Waals surface area (Å²) in [6.07, 6.45) is 4.56. The van der Waals surface area contributed by atoms with E-state index in [0.717, 1.165) is 29.0 Å². The van der Waals surface area contributed by atoms with E-state index in [4.69, 9.17) is 11.6 Å². The lowest BCUT2D eigenvalue weighted by Crippen LogP contribution is -2.15. The zero-order chi connectivity index (χ0) is 23.3. The Morgan fingerprint density at radius 3 is 2.48 bits per heavy atom. The minimum absolute atomic E-state index is 0.00566. The molecule has 1 aliphatic rings. The molecule has 2 heterocycles. The van der Waals surface area contributed by atoms with Crippen LogP contribution >= 0.6 is 11.6 Å². The van der Waals surface area contributed by atoms with Crippen molar-refractivity contribution in [3.8, 4) is 0 Å². The lowest BCUT2D eigenvalue weighted by atomic mass is 9.80. The van der Waals surface area contributed by atoms with E-state index in [1.165, 1.54) is 13.0 Å². The zero-order valence-corrected chi connectivity index (χ0v) is 18.5. The van der Waals surface area contributed by atoms with Gasteiger partial charge in [-0.1, -0.05) is 23.7 Å². The smallest absolute Gasteiger partial charge is 0.162 e. The van der Waals surface area contributed by atoms with Crippen molar-refractivity contribution in [1.29, 1.82) is 0 Å². The van der Waals surface area contributed by atoms with Crippen molar-refractivity contribution in [2.24, 2.45) is 0 Å². The van der Waals surface area contributed by atoms with Gasteiger partial charge in [0.15, 0.2) is 17.5 Å². The molecule has 8 heteroatoms. The van der Waals surface area contributed by atoms with Crippen molar-refractivity contribution >= 4 is 22.5 Å². The Kier molecular flexibility index (Phi) is 5.60. The Morgan fingerprint density at radius 1 is 0.970 bits per heavy atom. The summed E-state index contributed by atoms with van der Waals surface area (Å²) in [4.78, 5) is 11.6. The Hall–Kier alpha value is -2.93. The first kappa shape index (κ1) is 21.9. The molecule has 5 rings (SSSR count). The second-order valence-electron chi connectivity index (χ2n) is 8.55. The van der Waals surface area contributed by atoms with E-state index in [2.05, 4.69) is 15.0 Å². The van der Waals surface area contributed by atoms with Crippen LogP contribution in [0.5, 0.6) is 0 Å². The van der Waals surface area contributed by atoms with E-state index in [-0.39, 0.29) is 22.1 Å². The lowest BCUT2D eigenvalue weighted by molar-refractivity contribution is 0.458. The first-order valence-corrected chi connectivity index (χ1v) is 11.1. The number of benzene rings is 2. The van der Waals surface area contributed by atoms with Crippen LogP contribution in [0.25, 0.3) is 10.9 Å². The quantitative estimate of drug-likeness (QED) is 0.315. The second kappa shape index (κ2) is 8.45. The summed E-state index contributed by atoms with van der Waals surface area (Å²) in [5.74, 6) is -2.91. The third-order valence-electron chi connectivity index (χ3n) is 6.56. The van der Waals surface area contributed by atoms with Gasteiger partial charge in [0.25, 0.3) is 0 Å². The van der Waals surface area contributed by atoms with Gasteiger partial charge in [-0.3, -0.25) is 0 Å². The number of nitrogens with zero attached hydrogens (tertiary/aromatic N) is 2. The van der Waals surface area contributed by atoms with E-state index in [1.807, 2.05) is 0 Å². The van der Waals surface area contributed by atoms with Gasteiger partial charge < -0.3 is 4.98 Å². The van der Waals surface area contributed by atoms with Crippen LogP contribution in [-0.2, 0) is 6.42 Å². The monoisotopic (exact) mass is 473 g/mol. The topological polar surface area (TPSA) is 41.6 Å². The molecule has 1 N–H and O–H groups in total. The fourth-order valence-corrected chi connectivity index (χ4v) is 5.00. The van der Waals surface area contributed by atoms with Crippen LogP contribution in [-0.4, -0.2) is 15.0 Å². The lowest BCUT2D eigenvalue weighted by Gasteiger charge is -2.26. The molecule has 33 heavy (non-hydrogen) atoms. The van der Waals surface area contributed by atoms with E-state index < -0.39 is 29.2 Å². The number of H-pyrrole nitrogens is 1. The number of rotatable bonds is 2. The number of hydrogen-bond acceptors (Lipinski definition) is 2. The highest BCUT2D eigenvalue weighted by Gasteiger charge is 2.30. The fourth-order valence-electron chi connectivity index (χ4n) is 4.84. The van der Waals surface area contributed by atoms with Crippen molar-refractivity contribution < 1.29 is 17.6 Å². The van der Waals surface area contributed by atoms with Crippen molar-refractivity contribution in [1.82, 2.24) is 15.0 Å². The Morgan fingerprint density at radius 2 is 1.73 bits per heavy atom. The molecule has 0 aliphatic heterocycles. The highest BCUT2D eigenvalue weighted by atomic mass is 35.5. The third kappa shape index (κ3) is 3.88. The number of hydrogen-bond donors (Lipinski definition) is 1. The van der Waals surface area contributed by atoms with Gasteiger partial charge in [0.1, 0.15) is 11.6 Å². The van der Waals surface area contributed by atoms with E-state index >= 15 is 4.39 Å². The molecule has 0 radical (unpaired) electrons. The SMILES string of the molecule is Cc1ccc(C2CCC(c3ncc(F)cn3)CCc3c2[nH]c2cc(F)c(Cl)cc32)c(F)c1F. The summed E-state index contributed by atoms with van der Waals surface area (Å²) >= 11 is 6.06. The molecular formula is C25H20ClF4N3. The number of aromatic nitrogens is 3. The summed E-state index contributed by atoms with van der Waals surface area (Å²) in [7, 11) is 0. The predicted octanol–water partition coefficient (Wildman–Crippen LogP) is 7.12. The molecule has 170 valence electrons. The average Bonchev–Trinajstić information content (AvgIpc) is 3.11. The fraction of sp³-hybridized carbons (Fsp3) is 0.280. The molecule has 2 aromatic heterocycles. The molecule has 0 fully saturated rings. The summed E-state index contributed by atoms with van der Waals surface area (Å²) in [5, 5.41) is 0.740. The molecule has 2 unspecified atom stereocenters. The minimum Gasteiger partial charge on any atom is -0.358 e. The summed E-state index contributed by atoms with van der Waals surface area (Å²) in [6, 6.07) is 6.06. The third-order valence-corrected chi connectivity index (χ3v) is 6.85. The molecule has 4 aromatic rings. The number of nitrogens with one attached hydrogen (secondary N) is 1. The van der Waals surface area contributed by atoms with Gasteiger partial charge in [0, 0.05) is 28.4 Å². The van der Waals surface area contributed by atoms with Gasteiger partial charge in [-0.05, 0) is 61.4 Å². The second-order valence-corrected chi connectivity index (χ2v) is 8.96. The van der Waals surface area contributed by atoms with Gasteiger partial charge in [-0.25, -0.2) is 27.5 Å². The predicted molar refractivity (Wildman–Crippen MR) is 118 cm³/mol. The van der Waals surface area contributed by atoms with Crippen LogP contribution in [0, 0.1) is 30.2 Å². The van der Waals surface area contributed by atoms with Crippen molar-refractivity contribution in [3.05, 3.63) is 93.2 Å². The molecule has 2 atom stereocenters. The Bertz CT molecular complexity index is 1350. The standard InChI is InChI=1S/C25H20ClF4N3/c1-12-2-5-15(23(30)22(12)29)16-6-3-13(25-31-10-14(27)11-32-25)4-7-17-18-8-19(26)20(28)9-21(18)33-24(16)17/h2,5,8-11,13,16,33H,3-4,6-7H2,1H3. The molecule has 2 aromatic carbocycles. The first-order valence-electron chi connectivity index (χ1n) is 10.7. The maximum absolute atomic E-state index is 15.1. The van der Waals surface area contributed by atoms with Crippen LogP contribution in [0.2, 0.25) is 5.02 Å². The maximum Gasteiger partial charge on any atom is 0.162 e. The summed E-state index contributed by atoms with van der Waals surface area (Å²) in [5.41, 5.74) is 2.62. The van der Waals surface area contributed by atoms with Crippen LogP contribution in [0.3, 0.4) is 0 Å². The highest BCUT2D eigenvalue weighted by molar-refractivity contribution is 6.31. The first-order chi connectivity index (χ1) is 15.8. The molecule has 3 nitrogen and oxygen atoms in total. The van der Waals surface area contributed by atoms with Crippen LogP contribution < -0.4 is 0 Å². The van der Waals surface area contributed by atoms with Gasteiger partial charge in [-0.15, -0.1) is 0 Å². The maximum atomic E-state index is 15.1. The normalized spacial score (nSPS) is 18.7. The van der Waals surface area contributed by atoms with Gasteiger partial charge >= 0.3 is 0 Å². The Labute approximate surface area is 192 Å². The van der Waals surface area contributed by atoms with Gasteiger partial charge in [0.05, 0.1) is 17.4 Å². The van der Waals surface area contributed by atoms with E-state index in [0.29, 0.717) is 37.0 Å². The van der Waals surface area contributed by atoms with E-state index in [1.54, 1.807) is 18.2 Å². The van der Waals surface area contributed by atoms with Crippen LogP contribution in [0.15, 0.2) is 36.7 Å². The minimum atomic E-state index is -0.885. The summed E-state index contributed by atoms with van der Waals surface area (Å²) in [6.45, 7) is 1.52. The highest BCUT2D eigenvalue weighted by Crippen LogP contribution is 2.43. The van der Waals surface area contributed by atoms with Gasteiger partial charge in [-0.2, -0.15) is 0 Å². The number of fused-ring (bicyclic) bond motifs is 3. The Balaban J connectivity index is 1.67. The molecule has 0 saturated heterocycles. The molecule has 0 spiro atoms. The zero-order valence-electron chi connectivity index (χ0n) is 17.7. The number of aromatic amines is 1. The van der Waals surface area contributed by atoms with Crippen molar-refractivity contribution in [2.75, 3.05) is 0 Å². The van der Waals surface area contributed by atoms with Crippen LogP contribution in [0.1, 0.15) is 59.3 Å². The van der Waals surface area contributed by atoms with E-state index in [9.17, 15) is 13.2 Å². The largest absolute Gasteiger partial charge is 0.358 e. The molecule has 0 bridgehead atoms.